The molecule has 20 heavy (non-hydrogen) atoms. The van der Waals surface area contributed by atoms with E-state index >= 15 is 0 Å². The molecule has 2 atom stereocenters. The lowest BCUT2D eigenvalue weighted by Gasteiger charge is -2.28. The summed E-state index contributed by atoms with van der Waals surface area (Å²) < 4.78 is 0. The van der Waals surface area contributed by atoms with Gasteiger partial charge in [0.1, 0.15) is 0 Å². The second-order valence-electron chi connectivity index (χ2n) is 6.69. The van der Waals surface area contributed by atoms with E-state index < -0.39 is 0 Å². The lowest BCUT2D eigenvalue weighted by molar-refractivity contribution is -0.122. The topological polar surface area (TPSA) is 44.4 Å². The summed E-state index contributed by atoms with van der Waals surface area (Å²) in [7, 11) is 2.13. The molecule has 0 aromatic heterocycles. The van der Waals surface area contributed by atoms with Gasteiger partial charge in [-0.2, -0.15) is 0 Å². The van der Waals surface area contributed by atoms with Crippen molar-refractivity contribution in [1.29, 1.82) is 0 Å². The molecule has 2 aliphatic heterocycles. The van der Waals surface area contributed by atoms with Crippen molar-refractivity contribution in [1.82, 2.24) is 15.5 Å². The number of hydrogen-bond donors (Lipinski definition) is 2. The molecule has 2 N–H and O–H groups in total. The zero-order chi connectivity index (χ0) is 14.4. The lowest BCUT2D eigenvalue weighted by atomic mass is 9.89. The van der Waals surface area contributed by atoms with Gasteiger partial charge in [0, 0.05) is 31.6 Å². The molecule has 0 aliphatic carbocycles. The Hall–Kier alpha value is -0.610. The molecule has 0 radical (unpaired) electrons. The number of unbranched alkanes of at least 4 members (excludes halogenated alkanes) is 1. The fourth-order valence-electron chi connectivity index (χ4n) is 3.60. The summed E-state index contributed by atoms with van der Waals surface area (Å²) >= 11 is 0. The fraction of sp³-hybridized carbons (Fsp3) is 0.938. The highest BCUT2D eigenvalue weighted by atomic mass is 16.1. The first-order valence-corrected chi connectivity index (χ1v) is 8.38. The number of fused-ring (bicyclic) bond motifs is 2. The SMILES string of the molecule is CCCCN(C)CCNC(=O)CC1CC2CCC(C1)N2. The third-order valence-electron chi connectivity index (χ3n) is 4.75. The molecule has 4 nitrogen and oxygen atoms in total. The normalized spacial score (nSPS) is 28.9. The van der Waals surface area contributed by atoms with E-state index in [4.69, 9.17) is 0 Å². The van der Waals surface area contributed by atoms with Crippen molar-refractivity contribution < 1.29 is 4.79 Å². The van der Waals surface area contributed by atoms with Gasteiger partial charge >= 0.3 is 0 Å². The average molecular weight is 281 g/mol. The quantitative estimate of drug-likeness (QED) is 0.712. The first kappa shape index (κ1) is 15.8. The maximum absolute atomic E-state index is 12.0. The fourth-order valence-corrected chi connectivity index (χ4v) is 3.60. The van der Waals surface area contributed by atoms with Gasteiger partial charge in [-0.15, -0.1) is 0 Å². The molecule has 116 valence electrons. The third kappa shape index (κ3) is 5.06. The van der Waals surface area contributed by atoms with Crippen LogP contribution in [-0.4, -0.2) is 49.6 Å². The van der Waals surface area contributed by atoms with E-state index in [9.17, 15) is 4.79 Å². The van der Waals surface area contributed by atoms with Crippen molar-refractivity contribution in [2.24, 2.45) is 5.92 Å². The molecule has 2 aliphatic rings. The molecule has 2 rings (SSSR count). The van der Waals surface area contributed by atoms with Crippen LogP contribution in [-0.2, 0) is 4.79 Å². The summed E-state index contributed by atoms with van der Waals surface area (Å²) in [5.74, 6) is 0.853. The van der Waals surface area contributed by atoms with Crippen LogP contribution < -0.4 is 10.6 Å². The van der Waals surface area contributed by atoms with E-state index in [0.29, 0.717) is 18.0 Å². The highest BCUT2D eigenvalue weighted by molar-refractivity contribution is 5.76. The molecule has 0 aromatic carbocycles. The lowest BCUT2D eigenvalue weighted by Crippen LogP contribution is -2.40. The molecule has 4 heteroatoms. The molecule has 0 saturated carbocycles. The molecule has 0 spiro atoms. The minimum Gasteiger partial charge on any atom is -0.355 e. The van der Waals surface area contributed by atoms with Gasteiger partial charge in [0.2, 0.25) is 5.91 Å². The van der Waals surface area contributed by atoms with Crippen molar-refractivity contribution in [2.75, 3.05) is 26.7 Å². The smallest absolute Gasteiger partial charge is 0.220 e. The number of hydrogen-bond acceptors (Lipinski definition) is 3. The van der Waals surface area contributed by atoms with Crippen LogP contribution in [0.25, 0.3) is 0 Å². The van der Waals surface area contributed by atoms with Crippen molar-refractivity contribution in [2.45, 2.75) is 64.0 Å². The molecule has 0 aromatic rings. The maximum Gasteiger partial charge on any atom is 0.220 e. The number of carbonyl (C=O) groups is 1. The van der Waals surface area contributed by atoms with Crippen LogP contribution in [0.15, 0.2) is 0 Å². The van der Waals surface area contributed by atoms with E-state index in [1.54, 1.807) is 0 Å². The first-order chi connectivity index (χ1) is 9.67. The van der Waals surface area contributed by atoms with Crippen LogP contribution in [0.1, 0.15) is 51.9 Å². The molecule has 2 saturated heterocycles. The number of amides is 1. The van der Waals surface area contributed by atoms with Crippen molar-refractivity contribution >= 4 is 5.91 Å². The average Bonchev–Trinajstić information content (AvgIpc) is 2.75. The van der Waals surface area contributed by atoms with Gasteiger partial charge in [-0.25, -0.2) is 0 Å². The van der Waals surface area contributed by atoms with E-state index in [0.717, 1.165) is 26.1 Å². The Morgan fingerprint density at radius 1 is 1.25 bits per heavy atom. The number of rotatable bonds is 8. The second kappa shape index (κ2) is 7.99. The second-order valence-corrected chi connectivity index (χ2v) is 6.69. The van der Waals surface area contributed by atoms with Gasteiger partial charge in [0.05, 0.1) is 0 Å². The molecule has 2 unspecified atom stereocenters. The van der Waals surface area contributed by atoms with Crippen LogP contribution in [0.3, 0.4) is 0 Å². The number of piperidine rings is 1. The van der Waals surface area contributed by atoms with Crippen molar-refractivity contribution in [3.05, 3.63) is 0 Å². The van der Waals surface area contributed by atoms with E-state index in [2.05, 4.69) is 29.5 Å². The van der Waals surface area contributed by atoms with Crippen LogP contribution in [0.5, 0.6) is 0 Å². The highest BCUT2D eigenvalue weighted by Gasteiger charge is 2.33. The predicted molar refractivity (Wildman–Crippen MR) is 82.7 cm³/mol. The van der Waals surface area contributed by atoms with Gasteiger partial charge < -0.3 is 15.5 Å². The highest BCUT2D eigenvalue weighted by Crippen LogP contribution is 2.32. The van der Waals surface area contributed by atoms with E-state index in [1.165, 1.54) is 38.5 Å². The van der Waals surface area contributed by atoms with Gasteiger partial charge in [-0.1, -0.05) is 13.3 Å². The minimum atomic E-state index is 0.250. The third-order valence-corrected chi connectivity index (χ3v) is 4.75. The number of likely N-dealkylation sites (N-methyl/N-ethyl adjacent to an activating group) is 1. The van der Waals surface area contributed by atoms with E-state index in [-0.39, 0.29) is 5.91 Å². The minimum absolute atomic E-state index is 0.250. The Morgan fingerprint density at radius 3 is 2.60 bits per heavy atom. The largest absolute Gasteiger partial charge is 0.355 e. The van der Waals surface area contributed by atoms with Gasteiger partial charge in [-0.3, -0.25) is 4.79 Å². The molecule has 2 bridgehead atoms. The monoisotopic (exact) mass is 281 g/mol. The van der Waals surface area contributed by atoms with Crippen LogP contribution in [0.4, 0.5) is 0 Å². The Labute approximate surface area is 123 Å². The van der Waals surface area contributed by atoms with Crippen molar-refractivity contribution in [3.63, 3.8) is 0 Å². The summed E-state index contributed by atoms with van der Waals surface area (Å²) in [4.78, 5) is 14.3. The molecule has 2 heterocycles. The summed E-state index contributed by atoms with van der Waals surface area (Å²) in [6.45, 7) is 5.09. The maximum atomic E-state index is 12.0. The summed E-state index contributed by atoms with van der Waals surface area (Å²) in [5, 5.41) is 6.72. The van der Waals surface area contributed by atoms with Gasteiger partial charge in [0.25, 0.3) is 0 Å². The van der Waals surface area contributed by atoms with Crippen LogP contribution in [0, 0.1) is 5.92 Å². The van der Waals surface area contributed by atoms with Gasteiger partial charge in [-0.05, 0) is 51.6 Å². The van der Waals surface area contributed by atoms with Crippen LogP contribution >= 0.6 is 0 Å². The standard InChI is InChI=1S/C16H31N3O/c1-3-4-8-19(2)9-7-17-16(20)12-13-10-14-5-6-15(11-13)18-14/h13-15,18H,3-12H2,1-2H3,(H,17,20). The Bertz CT molecular complexity index is 296. The molecule has 2 fully saturated rings. The van der Waals surface area contributed by atoms with Crippen molar-refractivity contribution in [3.8, 4) is 0 Å². The Morgan fingerprint density at radius 2 is 1.95 bits per heavy atom. The number of nitrogens with one attached hydrogen (secondary N) is 2. The van der Waals surface area contributed by atoms with Gasteiger partial charge in [0.15, 0.2) is 0 Å². The molecular weight excluding hydrogens is 250 g/mol. The first-order valence-electron chi connectivity index (χ1n) is 8.38. The summed E-state index contributed by atoms with van der Waals surface area (Å²) in [6.07, 6.45) is 8.21. The zero-order valence-electron chi connectivity index (χ0n) is 13.2. The predicted octanol–water partition coefficient (Wildman–Crippen LogP) is 1.76. The van der Waals surface area contributed by atoms with E-state index in [1.807, 2.05) is 0 Å². The Kier molecular flexibility index (Phi) is 6.30. The zero-order valence-corrected chi connectivity index (χ0v) is 13.2. The Balaban J connectivity index is 1.56. The number of carbonyl (C=O) groups excluding carboxylic acids is 1. The molecular formula is C16H31N3O. The van der Waals surface area contributed by atoms with Crippen LogP contribution in [0.2, 0.25) is 0 Å². The molecule has 1 amide bonds. The number of nitrogens with zero attached hydrogens (tertiary/aromatic N) is 1. The summed E-state index contributed by atoms with van der Waals surface area (Å²) in [5.41, 5.74) is 0. The summed E-state index contributed by atoms with van der Waals surface area (Å²) in [6, 6.07) is 1.37.